The van der Waals surface area contributed by atoms with Crippen molar-refractivity contribution in [3.8, 4) is 0 Å². The number of nitrogens with zero attached hydrogens (tertiary/aromatic N) is 5. The maximum Gasteiger partial charge on any atom is 0.271 e. The second kappa shape index (κ2) is 7.53. The monoisotopic (exact) mass is 363 g/mol. The van der Waals surface area contributed by atoms with Crippen LogP contribution in [0.25, 0.3) is 0 Å². The second-order valence-electron chi connectivity index (χ2n) is 6.68. The normalized spacial score (nSPS) is 16.9. The Morgan fingerprint density at radius 1 is 1.22 bits per heavy atom. The molecule has 1 aliphatic heterocycles. The molecule has 4 heterocycles. The van der Waals surface area contributed by atoms with Gasteiger partial charge in [-0.1, -0.05) is 6.07 Å². The lowest BCUT2D eigenvalue weighted by Gasteiger charge is -2.32. The molecule has 8 nitrogen and oxygen atoms in total. The summed E-state index contributed by atoms with van der Waals surface area (Å²) in [6.45, 7) is 3.33. The summed E-state index contributed by atoms with van der Waals surface area (Å²) in [7, 11) is 0. The highest BCUT2D eigenvalue weighted by atomic mass is 16.2. The Kier molecular flexibility index (Phi) is 4.78. The number of hydrogen-bond donors (Lipinski definition) is 2. The molecule has 0 aromatic carbocycles. The lowest BCUT2D eigenvalue weighted by Crippen LogP contribution is -2.39. The molecule has 0 aliphatic carbocycles. The van der Waals surface area contributed by atoms with Gasteiger partial charge in [-0.25, -0.2) is 9.97 Å². The number of nitrogens with one attached hydrogen (secondary N) is 2. The highest BCUT2D eigenvalue weighted by molar-refractivity contribution is 5.92. The van der Waals surface area contributed by atoms with E-state index in [1.165, 1.54) is 0 Å². The topological polar surface area (TPSA) is 99.7 Å². The van der Waals surface area contributed by atoms with E-state index in [0.29, 0.717) is 18.1 Å². The number of amides is 1. The van der Waals surface area contributed by atoms with E-state index in [1.54, 1.807) is 24.7 Å². The second-order valence-corrected chi connectivity index (χ2v) is 6.68. The first-order valence-corrected chi connectivity index (χ1v) is 9.00. The molecule has 8 heteroatoms. The number of likely N-dealkylation sites (tertiary alicyclic amines) is 1. The fourth-order valence-electron chi connectivity index (χ4n) is 3.31. The molecule has 1 amide bonds. The maximum absolute atomic E-state index is 12.5. The van der Waals surface area contributed by atoms with E-state index in [-0.39, 0.29) is 11.8 Å². The molecule has 3 aromatic rings. The summed E-state index contributed by atoms with van der Waals surface area (Å²) < 4.78 is 0. The van der Waals surface area contributed by atoms with Crippen LogP contribution < -0.4 is 5.32 Å². The molecule has 1 aliphatic rings. The Balaban J connectivity index is 1.43. The van der Waals surface area contributed by atoms with Crippen LogP contribution in [0.5, 0.6) is 0 Å². The molecular formula is C19H21N7O. The lowest BCUT2D eigenvalue weighted by atomic mass is 9.95. The smallest absolute Gasteiger partial charge is 0.271 e. The van der Waals surface area contributed by atoms with Gasteiger partial charge in [0.25, 0.3) is 5.91 Å². The Morgan fingerprint density at radius 3 is 2.89 bits per heavy atom. The van der Waals surface area contributed by atoms with Crippen LogP contribution in [0.1, 0.15) is 40.6 Å². The van der Waals surface area contributed by atoms with Gasteiger partial charge in [0.1, 0.15) is 17.3 Å². The molecular weight excluding hydrogens is 342 g/mol. The molecule has 1 atom stereocenters. The van der Waals surface area contributed by atoms with Crippen molar-refractivity contribution in [2.45, 2.75) is 25.7 Å². The summed E-state index contributed by atoms with van der Waals surface area (Å²) in [6.07, 6.45) is 7.03. The van der Waals surface area contributed by atoms with Gasteiger partial charge in [-0.2, -0.15) is 5.10 Å². The zero-order valence-corrected chi connectivity index (χ0v) is 15.1. The first-order chi connectivity index (χ1) is 13.2. The standard InChI is InChI=1S/C19H21N7O/c1-13-4-2-6-17(23-13)24-18-11-20-16(10-21-18)14-5-3-9-26(12-14)19(27)15-7-8-22-25-15/h2,4,6-8,10-11,14H,3,5,9,12H2,1H3,(H,22,25)(H,21,23,24)/t14-/m0/s1. The number of carbonyl (C=O) groups is 1. The van der Waals surface area contributed by atoms with E-state index in [0.717, 1.165) is 36.6 Å². The van der Waals surface area contributed by atoms with E-state index in [9.17, 15) is 4.79 Å². The molecule has 0 saturated carbocycles. The van der Waals surface area contributed by atoms with Crippen LogP contribution in [0.2, 0.25) is 0 Å². The highest BCUT2D eigenvalue weighted by Crippen LogP contribution is 2.26. The molecule has 2 N–H and O–H groups in total. The van der Waals surface area contributed by atoms with Gasteiger partial charge in [-0.3, -0.25) is 14.9 Å². The fraction of sp³-hybridized carbons (Fsp3) is 0.316. The van der Waals surface area contributed by atoms with E-state index >= 15 is 0 Å². The number of rotatable bonds is 4. The number of piperidine rings is 1. The summed E-state index contributed by atoms with van der Waals surface area (Å²) in [6, 6.07) is 7.48. The first kappa shape index (κ1) is 17.1. The van der Waals surface area contributed by atoms with E-state index in [4.69, 9.17) is 0 Å². The van der Waals surface area contributed by atoms with Crippen LogP contribution in [0.3, 0.4) is 0 Å². The molecule has 0 unspecified atom stereocenters. The number of aromatic nitrogens is 5. The molecule has 0 radical (unpaired) electrons. The average molecular weight is 363 g/mol. The minimum Gasteiger partial charge on any atom is -0.337 e. The zero-order valence-electron chi connectivity index (χ0n) is 15.1. The number of aryl methyl sites for hydroxylation is 1. The van der Waals surface area contributed by atoms with E-state index in [2.05, 4.69) is 30.5 Å². The van der Waals surface area contributed by atoms with Gasteiger partial charge in [0, 0.05) is 30.9 Å². The predicted molar refractivity (Wildman–Crippen MR) is 101 cm³/mol. The van der Waals surface area contributed by atoms with Gasteiger partial charge in [0.2, 0.25) is 0 Å². The number of aromatic amines is 1. The number of carbonyl (C=O) groups excluding carboxylic acids is 1. The van der Waals surface area contributed by atoms with Crippen molar-refractivity contribution in [1.82, 2.24) is 30.0 Å². The summed E-state index contributed by atoms with van der Waals surface area (Å²) in [5.41, 5.74) is 2.36. The lowest BCUT2D eigenvalue weighted by molar-refractivity contribution is 0.0699. The molecule has 4 rings (SSSR count). The maximum atomic E-state index is 12.5. The molecule has 0 bridgehead atoms. The van der Waals surface area contributed by atoms with Crippen molar-refractivity contribution in [1.29, 1.82) is 0 Å². The highest BCUT2D eigenvalue weighted by Gasteiger charge is 2.27. The van der Waals surface area contributed by atoms with Gasteiger partial charge < -0.3 is 10.2 Å². The van der Waals surface area contributed by atoms with E-state index in [1.807, 2.05) is 30.0 Å². The first-order valence-electron chi connectivity index (χ1n) is 9.00. The minimum atomic E-state index is -0.0195. The number of anilines is 2. The number of H-pyrrole nitrogens is 1. The number of pyridine rings is 1. The third-order valence-electron chi connectivity index (χ3n) is 4.67. The van der Waals surface area contributed by atoms with Crippen molar-refractivity contribution in [3.05, 3.63) is 59.9 Å². The largest absolute Gasteiger partial charge is 0.337 e. The van der Waals surface area contributed by atoms with Gasteiger partial charge in [-0.15, -0.1) is 0 Å². The molecule has 1 fully saturated rings. The molecule has 138 valence electrons. The van der Waals surface area contributed by atoms with Crippen LogP contribution in [-0.4, -0.2) is 49.0 Å². The molecule has 3 aromatic heterocycles. The van der Waals surface area contributed by atoms with Crippen LogP contribution in [0, 0.1) is 6.92 Å². The van der Waals surface area contributed by atoms with Crippen LogP contribution in [-0.2, 0) is 0 Å². The SMILES string of the molecule is Cc1cccc(Nc2cnc([C@H]3CCCN(C(=O)c4ccn[nH]4)C3)cn2)n1. The van der Waals surface area contributed by atoms with Crippen molar-refractivity contribution < 1.29 is 4.79 Å². The number of hydrogen-bond acceptors (Lipinski definition) is 6. The van der Waals surface area contributed by atoms with Crippen LogP contribution in [0.4, 0.5) is 11.6 Å². The Hall–Kier alpha value is -3.29. The third-order valence-corrected chi connectivity index (χ3v) is 4.67. The minimum absolute atomic E-state index is 0.0195. The fourth-order valence-corrected chi connectivity index (χ4v) is 3.31. The quantitative estimate of drug-likeness (QED) is 0.739. The Labute approximate surface area is 157 Å². The van der Waals surface area contributed by atoms with Gasteiger partial charge in [0.05, 0.1) is 18.1 Å². The van der Waals surface area contributed by atoms with E-state index < -0.39 is 0 Å². The van der Waals surface area contributed by atoms with Crippen molar-refractivity contribution in [2.24, 2.45) is 0 Å². The molecule has 1 saturated heterocycles. The summed E-state index contributed by atoms with van der Waals surface area (Å²) in [4.78, 5) is 27.8. The predicted octanol–water partition coefficient (Wildman–Crippen LogP) is 2.67. The van der Waals surface area contributed by atoms with Gasteiger partial charge >= 0.3 is 0 Å². The average Bonchev–Trinajstić information content (AvgIpc) is 3.23. The van der Waals surface area contributed by atoms with Gasteiger partial charge in [0.15, 0.2) is 0 Å². The van der Waals surface area contributed by atoms with Gasteiger partial charge in [-0.05, 0) is 38.0 Å². The molecule has 27 heavy (non-hydrogen) atoms. The van der Waals surface area contributed by atoms with Crippen molar-refractivity contribution >= 4 is 17.5 Å². The van der Waals surface area contributed by atoms with Crippen LogP contribution >= 0.6 is 0 Å². The van der Waals surface area contributed by atoms with Crippen molar-refractivity contribution in [2.75, 3.05) is 18.4 Å². The summed E-state index contributed by atoms with van der Waals surface area (Å²) in [5, 5.41) is 9.76. The van der Waals surface area contributed by atoms with Crippen molar-refractivity contribution in [3.63, 3.8) is 0 Å². The third kappa shape index (κ3) is 3.94. The molecule has 0 spiro atoms. The van der Waals surface area contributed by atoms with Crippen LogP contribution in [0.15, 0.2) is 42.9 Å². The Morgan fingerprint density at radius 2 is 2.15 bits per heavy atom. The zero-order chi connectivity index (χ0) is 18.6. The summed E-state index contributed by atoms with van der Waals surface area (Å²) >= 11 is 0. The Bertz CT molecular complexity index is 908. The summed E-state index contributed by atoms with van der Waals surface area (Å²) in [5.74, 6) is 1.56.